The lowest BCUT2D eigenvalue weighted by molar-refractivity contribution is -0.154. The van der Waals surface area contributed by atoms with Crippen LogP contribution >= 0.6 is 0 Å². The molecule has 0 spiro atoms. The molecule has 0 radical (unpaired) electrons. The minimum absolute atomic E-state index is 0.244. The van der Waals surface area contributed by atoms with Crippen molar-refractivity contribution in [2.24, 2.45) is 5.73 Å². The van der Waals surface area contributed by atoms with E-state index in [0.717, 1.165) is 0 Å². The molecule has 0 aromatic heterocycles. The average Bonchev–Trinajstić information content (AvgIpc) is 2.70. The number of hydrogen-bond donors (Lipinski definition) is 2. The van der Waals surface area contributed by atoms with Crippen molar-refractivity contribution in [2.45, 2.75) is 6.10 Å². The van der Waals surface area contributed by atoms with Gasteiger partial charge >= 0.3 is 5.97 Å². The van der Waals surface area contributed by atoms with Crippen molar-refractivity contribution in [1.29, 1.82) is 0 Å². The summed E-state index contributed by atoms with van der Waals surface area (Å²) in [5.41, 5.74) is 5.99. The zero-order valence-electron chi connectivity index (χ0n) is 14.9. The third-order valence-corrected chi connectivity index (χ3v) is 3.62. The Balaban J connectivity index is 2.00. The fourth-order valence-electron chi connectivity index (χ4n) is 2.28. The molecular weight excluding hydrogens is 352 g/mol. The lowest BCUT2D eigenvalue weighted by Gasteiger charge is -2.15. The number of carbonyl (C=O) groups excluding carboxylic acids is 3. The maximum absolute atomic E-state index is 12.3. The monoisotopic (exact) mass is 372 g/mol. The second kappa shape index (κ2) is 9.23. The lowest BCUT2D eigenvalue weighted by atomic mass is 10.1. The average molecular weight is 372 g/mol. The van der Waals surface area contributed by atoms with Crippen molar-refractivity contribution in [3.63, 3.8) is 0 Å². The first kappa shape index (κ1) is 19.8. The SMILES string of the molecule is COc1cc(OC)cc(C(=O)NCC(=O)OC(C(N)=O)c2ccccc2)c1. The molecule has 0 aliphatic carbocycles. The Morgan fingerprint density at radius 2 is 1.59 bits per heavy atom. The molecule has 0 saturated heterocycles. The molecule has 0 heterocycles. The van der Waals surface area contributed by atoms with Gasteiger partial charge in [0.1, 0.15) is 18.0 Å². The Morgan fingerprint density at radius 3 is 2.11 bits per heavy atom. The summed E-state index contributed by atoms with van der Waals surface area (Å²) in [5.74, 6) is -1.27. The highest BCUT2D eigenvalue weighted by atomic mass is 16.5. The van der Waals surface area contributed by atoms with Gasteiger partial charge in [-0.25, -0.2) is 0 Å². The van der Waals surface area contributed by atoms with Crippen LogP contribution in [0, 0.1) is 0 Å². The van der Waals surface area contributed by atoms with Crippen LogP contribution in [-0.2, 0) is 14.3 Å². The Morgan fingerprint density at radius 1 is 1.00 bits per heavy atom. The topological polar surface area (TPSA) is 117 Å². The number of hydrogen-bond acceptors (Lipinski definition) is 6. The molecule has 1 unspecified atom stereocenters. The van der Waals surface area contributed by atoms with Gasteiger partial charge in [-0.1, -0.05) is 30.3 Å². The fraction of sp³-hybridized carbons (Fsp3) is 0.211. The zero-order valence-corrected chi connectivity index (χ0v) is 14.9. The molecule has 0 saturated carbocycles. The van der Waals surface area contributed by atoms with Crippen LogP contribution in [0.4, 0.5) is 0 Å². The fourth-order valence-corrected chi connectivity index (χ4v) is 2.28. The first-order valence-electron chi connectivity index (χ1n) is 7.99. The van der Waals surface area contributed by atoms with Gasteiger partial charge in [-0.3, -0.25) is 14.4 Å². The van der Waals surface area contributed by atoms with Crippen molar-refractivity contribution < 1.29 is 28.6 Å². The highest BCUT2D eigenvalue weighted by molar-refractivity contribution is 5.97. The Hall–Kier alpha value is -3.55. The summed E-state index contributed by atoms with van der Waals surface area (Å²) in [5, 5.41) is 2.42. The van der Waals surface area contributed by atoms with Gasteiger partial charge in [0.25, 0.3) is 11.8 Å². The van der Waals surface area contributed by atoms with E-state index in [1.54, 1.807) is 36.4 Å². The van der Waals surface area contributed by atoms with Gasteiger partial charge in [0.05, 0.1) is 14.2 Å². The lowest BCUT2D eigenvalue weighted by Crippen LogP contribution is -2.33. The van der Waals surface area contributed by atoms with Gasteiger partial charge in [-0.2, -0.15) is 0 Å². The first-order valence-corrected chi connectivity index (χ1v) is 7.99. The molecular formula is C19H20N2O6. The summed E-state index contributed by atoms with van der Waals surface area (Å²) in [7, 11) is 2.92. The van der Waals surface area contributed by atoms with Gasteiger partial charge in [-0.15, -0.1) is 0 Å². The van der Waals surface area contributed by atoms with E-state index in [-0.39, 0.29) is 5.56 Å². The maximum atomic E-state index is 12.3. The quantitative estimate of drug-likeness (QED) is 0.673. The van der Waals surface area contributed by atoms with Crippen molar-refractivity contribution in [3.05, 3.63) is 59.7 Å². The number of rotatable bonds is 8. The molecule has 2 aromatic carbocycles. The van der Waals surface area contributed by atoms with Gasteiger partial charge in [0.15, 0.2) is 0 Å². The minimum Gasteiger partial charge on any atom is -0.497 e. The Bertz CT molecular complexity index is 800. The highest BCUT2D eigenvalue weighted by Crippen LogP contribution is 2.22. The van der Waals surface area contributed by atoms with E-state index in [1.807, 2.05) is 0 Å². The number of nitrogens with two attached hydrogens (primary N) is 1. The zero-order chi connectivity index (χ0) is 19.8. The van der Waals surface area contributed by atoms with Gasteiger partial charge < -0.3 is 25.3 Å². The molecule has 0 aliphatic rings. The smallest absolute Gasteiger partial charge is 0.326 e. The number of nitrogens with one attached hydrogen (secondary N) is 1. The van der Waals surface area contributed by atoms with E-state index in [2.05, 4.69) is 5.32 Å². The summed E-state index contributed by atoms with van der Waals surface area (Å²) >= 11 is 0. The van der Waals surface area contributed by atoms with E-state index < -0.39 is 30.4 Å². The van der Waals surface area contributed by atoms with Gasteiger partial charge in [-0.05, 0) is 12.1 Å². The van der Waals surface area contributed by atoms with Crippen LogP contribution in [0.25, 0.3) is 0 Å². The highest BCUT2D eigenvalue weighted by Gasteiger charge is 2.22. The molecule has 3 N–H and O–H groups in total. The van der Waals surface area contributed by atoms with Crippen LogP contribution in [0.3, 0.4) is 0 Å². The van der Waals surface area contributed by atoms with Crippen molar-refractivity contribution in [1.82, 2.24) is 5.32 Å². The summed E-state index contributed by atoms with van der Waals surface area (Å²) in [4.78, 5) is 35.8. The summed E-state index contributed by atoms with van der Waals surface area (Å²) < 4.78 is 15.3. The number of primary amides is 1. The van der Waals surface area contributed by atoms with E-state index in [4.69, 9.17) is 19.9 Å². The number of benzene rings is 2. The third kappa shape index (κ3) is 5.46. The van der Waals surface area contributed by atoms with Crippen LogP contribution in [0.1, 0.15) is 22.0 Å². The molecule has 27 heavy (non-hydrogen) atoms. The van der Waals surface area contributed by atoms with Crippen LogP contribution in [0.15, 0.2) is 48.5 Å². The number of methoxy groups -OCH3 is 2. The second-order valence-electron chi connectivity index (χ2n) is 5.47. The third-order valence-electron chi connectivity index (χ3n) is 3.62. The predicted molar refractivity (Wildman–Crippen MR) is 96.3 cm³/mol. The van der Waals surface area contributed by atoms with E-state index >= 15 is 0 Å². The molecule has 8 heteroatoms. The van der Waals surface area contributed by atoms with Crippen LogP contribution in [-0.4, -0.2) is 38.5 Å². The molecule has 2 aromatic rings. The summed E-state index contributed by atoms with van der Waals surface area (Å²) in [6.07, 6.45) is -1.23. The molecule has 1 atom stereocenters. The first-order chi connectivity index (χ1) is 12.9. The van der Waals surface area contributed by atoms with Crippen molar-refractivity contribution in [2.75, 3.05) is 20.8 Å². The second-order valence-corrected chi connectivity index (χ2v) is 5.47. The van der Waals surface area contributed by atoms with Crippen molar-refractivity contribution >= 4 is 17.8 Å². The maximum Gasteiger partial charge on any atom is 0.326 e. The summed E-state index contributed by atoms with van der Waals surface area (Å²) in [6, 6.07) is 13.0. The number of esters is 1. The molecule has 142 valence electrons. The Kier molecular flexibility index (Phi) is 6.76. The van der Waals surface area contributed by atoms with Gasteiger partial charge in [0.2, 0.25) is 6.10 Å². The van der Waals surface area contributed by atoms with Crippen LogP contribution in [0.5, 0.6) is 11.5 Å². The molecule has 2 amide bonds. The van der Waals surface area contributed by atoms with Crippen LogP contribution < -0.4 is 20.5 Å². The molecule has 8 nitrogen and oxygen atoms in total. The van der Waals surface area contributed by atoms with Crippen LogP contribution in [0.2, 0.25) is 0 Å². The predicted octanol–water partition coefficient (Wildman–Crippen LogP) is 1.20. The minimum atomic E-state index is -1.23. The normalized spacial score (nSPS) is 11.2. The van der Waals surface area contributed by atoms with E-state index in [1.165, 1.54) is 26.4 Å². The number of carbonyl (C=O) groups is 3. The Labute approximate surface area is 156 Å². The largest absolute Gasteiger partial charge is 0.497 e. The molecule has 0 fully saturated rings. The van der Waals surface area contributed by atoms with Gasteiger partial charge in [0, 0.05) is 17.2 Å². The molecule has 0 aliphatic heterocycles. The summed E-state index contributed by atoms with van der Waals surface area (Å²) in [6.45, 7) is -0.436. The van der Waals surface area contributed by atoms with E-state index in [0.29, 0.717) is 17.1 Å². The van der Waals surface area contributed by atoms with E-state index in [9.17, 15) is 14.4 Å². The number of amides is 2. The van der Waals surface area contributed by atoms with Crippen molar-refractivity contribution in [3.8, 4) is 11.5 Å². The number of ether oxygens (including phenoxy) is 3. The molecule has 2 rings (SSSR count). The standard InChI is InChI=1S/C19H20N2O6/c1-25-14-8-13(9-15(10-14)26-2)19(24)21-11-16(22)27-17(18(20)23)12-6-4-3-5-7-12/h3-10,17H,11H2,1-2H3,(H2,20,23)(H,21,24). The molecule has 0 bridgehead atoms.